The SMILES string of the molecule is C=C(C(c1ccccc1)c1ccccc1)N1c2ccccc2NC(=O)C1CCc1ccccc1. The molecule has 0 spiro atoms. The van der Waals surface area contributed by atoms with E-state index in [1.54, 1.807) is 0 Å². The molecule has 3 heteroatoms. The monoisotopic (exact) mass is 444 g/mol. The zero-order valence-electron chi connectivity index (χ0n) is 19.1. The lowest BCUT2D eigenvalue weighted by molar-refractivity contribution is -0.117. The molecule has 1 heterocycles. The summed E-state index contributed by atoms with van der Waals surface area (Å²) >= 11 is 0. The van der Waals surface area contributed by atoms with E-state index in [1.165, 1.54) is 5.56 Å². The molecule has 1 atom stereocenters. The summed E-state index contributed by atoms with van der Waals surface area (Å²) in [7, 11) is 0. The summed E-state index contributed by atoms with van der Waals surface area (Å²) in [5.41, 5.74) is 6.25. The highest BCUT2D eigenvalue weighted by Gasteiger charge is 2.36. The number of carbonyl (C=O) groups excluding carboxylic acids is 1. The summed E-state index contributed by atoms with van der Waals surface area (Å²) in [6.45, 7) is 4.62. The van der Waals surface area contributed by atoms with Gasteiger partial charge in [-0.05, 0) is 41.7 Å². The summed E-state index contributed by atoms with van der Waals surface area (Å²) in [6, 6.07) is 38.8. The molecule has 4 aromatic rings. The minimum absolute atomic E-state index is 0.00987. The second kappa shape index (κ2) is 9.80. The van der Waals surface area contributed by atoms with Crippen molar-refractivity contribution in [3.05, 3.63) is 144 Å². The average molecular weight is 445 g/mol. The Labute approximate surface area is 201 Å². The molecular weight excluding hydrogens is 416 g/mol. The number of hydrogen-bond acceptors (Lipinski definition) is 2. The van der Waals surface area contributed by atoms with Crippen molar-refractivity contribution in [3.8, 4) is 0 Å². The molecule has 34 heavy (non-hydrogen) atoms. The highest BCUT2D eigenvalue weighted by atomic mass is 16.2. The first kappa shape index (κ1) is 21.7. The highest BCUT2D eigenvalue weighted by molar-refractivity contribution is 6.04. The van der Waals surface area contributed by atoms with Gasteiger partial charge < -0.3 is 10.2 Å². The molecule has 0 bridgehead atoms. The van der Waals surface area contributed by atoms with Crippen LogP contribution in [0.1, 0.15) is 29.0 Å². The summed E-state index contributed by atoms with van der Waals surface area (Å²) in [5.74, 6) is -0.0590. The van der Waals surface area contributed by atoms with Gasteiger partial charge in [0.2, 0.25) is 5.91 Å². The smallest absolute Gasteiger partial charge is 0.247 e. The molecule has 0 radical (unpaired) electrons. The van der Waals surface area contributed by atoms with Gasteiger partial charge in [-0.1, -0.05) is 110 Å². The Bertz CT molecular complexity index is 1230. The van der Waals surface area contributed by atoms with E-state index < -0.39 is 0 Å². The number of benzene rings is 4. The highest BCUT2D eigenvalue weighted by Crippen LogP contribution is 2.41. The van der Waals surface area contributed by atoms with E-state index in [0.717, 1.165) is 34.6 Å². The molecule has 3 nitrogen and oxygen atoms in total. The third-order valence-corrected chi connectivity index (χ3v) is 6.49. The van der Waals surface area contributed by atoms with Crippen LogP contribution in [0.25, 0.3) is 0 Å². The molecule has 4 aromatic carbocycles. The normalized spacial score (nSPS) is 15.0. The number of allylic oxidation sites excluding steroid dienone is 1. The van der Waals surface area contributed by atoms with Crippen molar-refractivity contribution in [2.75, 3.05) is 10.2 Å². The molecule has 168 valence electrons. The number of carbonyl (C=O) groups is 1. The van der Waals surface area contributed by atoms with E-state index in [4.69, 9.17) is 0 Å². The number of para-hydroxylation sites is 2. The molecule has 1 amide bonds. The van der Waals surface area contributed by atoms with E-state index in [9.17, 15) is 4.79 Å². The maximum absolute atomic E-state index is 13.4. The van der Waals surface area contributed by atoms with Gasteiger partial charge in [-0.15, -0.1) is 0 Å². The van der Waals surface area contributed by atoms with Crippen LogP contribution in [0, 0.1) is 0 Å². The van der Waals surface area contributed by atoms with Crippen LogP contribution in [0.2, 0.25) is 0 Å². The first-order valence-corrected chi connectivity index (χ1v) is 11.7. The van der Waals surface area contributed by atoms with Crippen molar-refractivity contribution in [1.82, 2.24) is 0 Å². The third-order valence-electron chi connectivity index (χ3n) is 6.49. The van der Waals surface area contributed by atoms with Crippen LogP contribution in [0.4, 0.5) is 11.4 Å². The summed E-state index contributed by atoms with van der Waals surface area (Å²) in [6.07, 6.45) is 1.51. The van der Waals surface area contributed by atoms with Crippen LogP contribution in [0.3, 0.4) is 0 Å². The first-order chi connectivity index (χ1) is 16.7. The average Bonchev–Trinajstić information content (AvgIpc) is 2.89. The number of nitrogens with one attached hydrogen (secondary N) is 1. The fourth-order valence-electron chi connectivity index (χ4n) is 4.86. The summed E-state index contributed by atoms with van der Waals surface area (Å²) < 4.78 is 0. The Morgan fingerprint density at radius 3 is 1.91 bits per heavy atom. The van der Waals surface area contributed by atoms with E-state index in [-0.39, 0.29) is 17.9 Å². The van der Waals surface area contributed by atoms with Gasteiger partial charge in [-0.25, -0.2) is 0 Å². The zero-order chi connectivity index (χ0) is 23.3. The van der Waals surface area contributed by atoms with Crippen molar-refractivity contribution < 1.29 is 4.79 Å². The molecule has 5 rings (SSSR count). The molecule has 1 aliphatic heterocycles. The van der Waals surface area contributed by atoms with Gasteiger partial charge in [0.15, 0.2) is 0 Å². The minimum atomic E-state index is -0.350. The second-order valence-electron chi connectivity index (χ2n) is 8.66. The topological polar surface area (TPSA) is 32.3 Å². The maximum atomic E-state index is 13.4. The number of nitrogens with zero attached hydrogens (tertiary/aromatic N) is 1. The summed E-state index contributed by atoms with van der Waals surface area (Å²) in [4.78, 5) is 15.6. The number of hydrogen-bond donors (Lipinski definition) is 1. The van der Waals surface area contributed by atoms with Crippen LogP contribution in [0.15, 0.2) is 128 Å². The van der Waals surface area contributed by atoms with E-state index in [1.807, 2.05) is 48.5 Å². The van der Waals surface area contributed by atoms with Crippen LogP contribution >= 0.6 is 0 Å². The van der Waals surface area contributed by atoms with Crippen LogP contribution in [-0.4, -0.2) is 11.9 Å². The summed E-state index contributed by atoms with van der Waals surface area (Å²) in [5, 5.41) is 3.13. The maximum Gasteiger partial charge on any atom is 0.247 e. The fraction of sp³-hybridized carbons (Fsp3) is 0.129. The van der Waals surface area contributed by atoms with Gasteiger partial charge in [0.1, 0.15) is 6.04 Å². The third kappa shape index (κ3) is 4.38. The van der Waals surface area contributed by atoms with Crippen LogP contribution in [-0.2, 0) is 11.2 Å². The quantitative estimate of drug-likeness (QED) is 0.340. The van der Waals surface area contributed by atoms with Crippen molar-refractivity contribution in [1.29, 1.82) is 0 Å². The van der Waals surface area contributed by atoms with Gasteiger partial charge in [-0.3, -0.25) is 4.79 Å². The number of amides is 1. The fourth-order valence-corrected chi connectivity index (χ4v) is 4.86. The van der Waals surface area contributed by atoms with E-state index >= 15 is 0 Å². The van der Waals surface area contributed by atoms with Gasteiger partial charge in [0.05, 0.1) is 11.4 Å². The Hall–Kier alpha value is -4.11. The number of anilines is 2. The van der Waals surface area contributed by atoms with Crippen LogP contribution in [0.5, 0.6) is 0 Å². The van der Waals surface area contributed by atoms with Crippen LogP contribution < -0.4 is 10.2 Å². The van der Waals surface area contributed by atoms with Crippen molar-refractivity contribution in [2.24, 2.45) is 0 Å². The molecule has 0 fully saturated rings. The molecule has 1 N–H and O–H groups in total. The van der Waals surface area contributed by atoms with E-state index in [2.05, 4.69) is 83.5 Å². The van der Waals surface area contributed by atoms with E-state index in [0.29, 0.717) is 6.42 Å². The van der Waals surface area contributed by atoms with Gasteiger partial charge in [0, 0.05) is 11.6 Å². The zero-order valence-corrected chi connectivity index (χ0v) is 19.1. The Morgan fingerprint density at radius 1 is 0.765 bits per heavy atom. The lowest BCUT2D eigenvalue weighted by Gasteiger charge is -2.41. The Morgan fingerprint density at radius 2 is 1.29 bits per heavy atom. The molecule has 0 aliphatic carbocycles. The lowest BCUT2D eigenvalue weighted by atomic mass is 9.86. The molecule has 1 unspecified atom stereocenters. The predicted octanol–water partition coefficient (Wildman–Crippen LogP) is 6.79. The number of fused-ring (bicyclic) bond motifs is 1. The van der Waals surface area contributed by atoms with Gasteiger partial charge in [-0.2, -0.15) is 0 Å². The van der Waals surface area contributed by atoms with Crippen molar-refractivity contribution in [2.45, 2.75) is 24.8 Å². The van der Waals surface area contributed by atoms with Crippen molar-refractivity contribution in [3.63, 3.8) is 0 Å². The molecule has 0 saturated heterocycles. The standard InChI is InChI=1S/C31H28N2O/c1-23(30(25-15-7-3-8-16-25)26-17-9-4-10-18-26)33-28-20-12-11-19-27(28)32-31(34)29(33)22-21-24-13-5-2-6-14-24/h2-20,29-30H,1,21-22H2,(H,32,34). The predicted molar refractivity (Wildman–Crippen MR) is 140 cm³/mol. The van der Waals surface area contributed by atoms with Gasteiger partial charge in [0.25, 0.3) is 0 Å². The Kier molecular flexibility index (Phi) is 6.26. The molecular formula is C31H28N2O. The lowest BCUT2D eigenvalue weighted by Crippen LogP contribution is -2.48. The largest absolute Gasteiger partial charge is 0.331 e. The number of rotatable bonds is 7. The molecule has 1 aliphatic rings. The number of aryl methyl sites for hydroxylation is 1. The molecule has 0 aromatic heterocycles. The molecule has 0 saturated carbocycles. The second-order valence-corrected chi connectivity index (χ2v) is 8.66. The Balaban J connectivity index is 1.57. The van der Waals surface area contributed by atoms with Crippen molar-refractivity contribution >= 4 is 17.3 Å². The minimum Gasteiger partial charge on any atom is -0.331 e. The first-order valence-electron chi connectivity index (χ1n) is 11.7. The van der Waals surface area contributed by atoms with Gasteiger partial charge >= 0.3 is 0 Å².